The molecule has 1 spiro atoms. The highest BCUT2D eigenvalue weighted by atomic mass is 16.2. The molecular formula is C14H25N3O. The van der Waals surface area contributed by atoms with Crippen LogP contribution in [0.1, 0.15) is 39.5 Å². The first-order valence-corrected chi connectivity index (χ1v) is 7.32. The van der Waals surface area contributed by atoms with Gasteiger partial charge in [-0.15, -0.1) is 0 Å². The van der Waals surface area contributed by atoms with Gasteiger partial charge in [0.25, 0.3) is 0 Å². The van der Waals surface area contributed by atoms with Crippen molar-refractivity contribution in [3.63, 3.8) is 0 Å². The quantitative estimate of drug-likeness (QED) is 0.813. The molecular weight excluding hydrogens is 226 g/mol. The lowest BCUT2D eigenvalue weighted by Gasteiger charge is -2.31. The van der Waals surface area contributed by atoms with E-state index in [-0.39, 0.29) is 11.7 Å². The molecule has 0 aromatic rings. The third kappa shape index (κ3) is 1.86. The summed E-state index contributed by atoms with van der Waals surface area (Å²) in [5.41, 5.74) is -0.161. The SMILES string of the molecule is CC(C)C1NC2(CC2)C(=O)N1CC1CCCN1C. The smallest absolute Gasteiger partial charge is 0.244 e. The topological polar surface area (TPSA) is 35.6 Å². The Balaban J connectivity index is 1.73. The zero-order chi connectivity index (χ0) is 12.9. The number of amides is 1. The summed E-state index contributed by atoms with van der Waals surface area (Å²) in [6, 6.07) is 0.561. The van der Waals surface area contributed by atoms with Crippen LogP contribution in [0.2, 0.25) is 0 Å². The highest BCUT2D eigenvalue weighted by Gasteiger charge is 2.59. The van der Waals surface area contributed by atoms with Crippen molar-refractivity contribution in [2.75, 3.05) is 20.1 Å². The van der Waals surface area contributed by atoms with E-state index in [0.717, 1.165) is 19.4 Å². The maximum Gasteiger partial charge on any atom is 0.244 e. The molecule has 3 aliphatic rings. The summed E-state index contributed by atoms with van der Waals surface area (Å²) in [5, 5.41) is 3.59. The molecule has 2 aliphatic heterocycles. The van der Waals surface area contributed by atoms with Gasteiger partial charge in [-0.1, -0.05) is 13.8 Å². The van der Waals surface area contributed by atoms with Crippen LogP contribution in [-0.4, -0.2) is 53.6 Å². The minimum Gasteiger partial charge on any atom is -0.324 e. The Bertz CT molecular complexity index is 351. The van der Waals surface area contributed by atoms with Crippen LogP contribution in [0.4, 0.5) is 0 Å². The van der Waals surface area contributed by atoms with Gasteiger partial charge in [0.15, 0.2) is 0 Å². The average molecular weight is 251 g/mol. The molecule has 0 aromatic carbocycles. The molecule has 1 amide bonds. The number of likely N-dealkylation sites (N-methyl/N-ethyl adjacent to an activating group) is 1. The first kappa shape index (κ1) is 12.4. The van der Waals surface area contributed by atoms with Crippen LogP contribution in [0.3, 0.4) is 0 Å². The van der Waals surface area contributed by atoms with Crippen LogP contribution in [0.25, 0.3) is 0 Å². The van der Waals surface area contributed by atoms with Crippen molar-refractivity contribution in [1.29, 1.82) is 0 Å². The number of nitrogens with zero attached hydrogens (tertiary/aromatic N) is 2. The van der Waals surface area contributed by atoms with Crippen molar-refractivity contribution in [3.05, 3.63) is 0 Å². The van der Waals surface area contributed by atoms with Crippen molar-refractivity contribution in [2.45, 2.75) is 57.3 Å². The highest BCUT2D eigenvalue weighted by Crippen LogP contribution is 2.43. The van der Waals surface area contributed by atoms with E-state index in [4.69, 9.17) is 0 Å². The summed E-state index contributed by atoms with van der Waals surface area (Å²) in [6.07, 6.45) is 4.82. The fourth-order valence-electron chi connectivity index (χ4n) is 3.47. The lowest BCUT2D eigenvalue weighted by Crippen LogP contribution is -2.47. The molecule has 2 saturated heterocycles. The van der Waals surface area contributed by atoms with E-state index in [1.54, 1.807) is 0 Å². The van der Waals surface area contributed by atoms with Gasteiger partial charge in [0.05, 0.1) is 11.7 Å². The lowest BCUT2D eigenvalue weighted by atomic mass is 10.1. The summed E-state index contributed by atoms with van der Waals surface area (Å²) < 4.78 is 0. The highest BCUT2D eigenvalue weighted by molar-refractivity contribution is 5.91. The second kappa shape index (κ2) is 4.20. The molecule has 1 saturated carbocycles. The Morgan fingerprint density at radius 3 is 2.67 bits per heavy atom. The van der Waals surface area contributed by atoms with Crippen LogP contribution in [0.15, 0.2) is 0 Å². The first-order valence-electron chi connectivity index (χ1n) is 7.32. The van der Waals surface area contributed by atoms with Gasteiger partial charge in [0.1, 0.15) is 0 Å². The zero-order valence-electron chi connectivity index (χ0n) is 11.8. The summed E-state index contributed by atoms with van der Waals surface area (Å²) in [4.78, 5) is 17.1. The first-order chi connectivity index (χ1) is 8.53. The summed E-state index contributed by atoms with van der Waals surface area (Å²) >= 11 is 0. The molecule has 18 heavy (non-hydrogen) atoms. The predicted octanol–water partition coefficient (Wildman–Crippen LogP) is 1.03. The number of nitrogens with one attached hydrogen (secondary N) is 1. The number of rotatable bonds is 3. The summed E-state index contributed by atoms with van der Waals surface area (Å²) in [7, 11) is 2.18. The van der Waals surface area contributed by atoms with Gasteiger partial charge in [-0.25, -0.2) is 0 Å². The second-order valence-corrected chi connectivity index (χ2v) is 6.65. The van der Waals surface area contributed by atoms with Gasteiger partial charge < -0.3 is 9.80 Å². The van der Waals surface area contributed by atoms with Crippen molar-refractivity contribution >= 4 is 5.91 Å². The predicted molar refractivity (Wildman–Crippen MR) is 71.1 cm³/mol. The molecule has 0 bridgehead atoms. The minimum atomic E-state index is -0.161. The molecule has 102 valence electrons. The largest absolute Gasteiger partial charge is 0.324 e. The van der Waals surface area contributed by atoms with Crippen molar-refractivity contribution in [2.24, 2.45) is 5.92 Å². The van der Waals surface area contributed by atoms with Crippen LogP contribution in [0, 0.1) is 5.92 Å². The summed E-state index contributed by atoms with van der Waals surface area (Å²) in [6.45, 7) is 6.50. The molecule has 1 aliphatic carbocycles. The number of carbonyl (C=O) groups is 1. The zero-order valence-corrected chi connectivity index (χ0v) is 11.8. The Hall–Kier alpha value is -0.610. The second-order valence-electron chi connectivity index (χ2n) is 6.65. The number of hydrogen-bond acceptors (Lipinski definition) is 3. The van der Waals surface area contributed by atoms with Gasteiger partial charge >= 0.3 is 0 Å². The molecule has 2 heterocycles. The lowest BCUT2D eigenvalue weighted by molar-refractivity contribution is -0.131. The van der Waals surface area contributed by atoms with Gasteiger partial charge in [0, 0.05) is 12.6 Å². The van der Waals surface area contributed by atoms with Crippen molar-refractivity contribution in [3.8, 4) is 0 Å². The Labute approximate surface area is 110 Å². The molecule has 4 heteroatoms. The van der Waals surface area contributed by atoms with Gasteiger partial charge in [0.2, 0.25) is 5.91 Å². The van der Waals surface area contributed by atoms with E-state index >= 15 is 0 Å². The normalized spacial score (nSPS) is 35.1. The van der Waals surface area contributed by atoms with E-state index in [9.17, 15) is 4.79 Å². The van der Waals surface area contributed by atoms with E-state index in [0.29, 0.717) is 17.9 Å². The molecule has 2 atom stereocenters. The average Bonchev–Trinajstić information content (AvgIpc) is 2.92. The maximum absolute atomic E-state index is 12.5. The minimum absolute atomic E-state index is 0.161. The van der Waals surface area contributed by atoms with E-state index in [1.165, 1.54) is 19.4 Å². The fraction of sp³-hybridized carbons (Fsp3) is 0.929. The van der Waals surface area contributed by atoms with Crippen LogP contribution in [0.5, 0.6) is 0 Å². The molecule has 0 radical (unpaired) electrons. The molecule has 1 N–H and O–H groups in total. The fourth-order valence-corrected chi connectivity index (χ4v) is 3.47. The third-order valence-corrected chi connectivity index (χ3v) is 4.89. The standard InChI is InChI=1S/C14H25N3O/c1-10(2)12-15-14(6-7-14)13(18)17(12)9-11-5-4-8-16(11)3/h10-12,15H,4-9H2,1-3H3. The van der Waals surface area contributed by atoms with Crippen molar-refractivity contribution in [1.82, 2.24) is 15.1 Å². The Kier molecular flexibility index (Phi) is 2.90. The van der Waals surface area contributed by atoms with Crippen LogP contribution in [-0.2, 0) is 4.79 Å². The molecule has 0 aromatic heterocycles. The van der Waals surface area contributed by atoms with Gasteiger partial charge in [-0.2, -0.15) is 0 Å². The van der Waals surface area contributed by atoms with E-state index < -0.39 is 0 Å². The number of hydrogen-bond donors (Lipinski definition) is 1. The Morgan fingerprint density at radius 2 is 2.17 bits per heavy atom. The van der Waals surface area contributed by atoms with E-state index in [2.05, 4.69) is 36.0 Å². The maximum atomic E-state index is 12.5. The van der Waals surface area contributed by atoms with Gasteiger partial charge in [-0.05, 0) is 45.2 Å². The third-order valence-electron chi connectivity index (χ3n) is 4.89. The van der Waals surface area contributed by atoms with Gasteiger partial charge in [-0.3, -0.25) is 10.1 Å². The van der Waals surface area contributed by atoms with Crippen LogP contribution < -0.4 is 5.32 Å². The molecule has 4 nitrogen and oxygen atoms in total. The molecule has 2 unspecified atom stereocenters. The Morgan fingerprint density at radius 1 is 1.44 bits per heavy atom. The number of likely N-dealkylation sites (tertiary alicyclic amines) is 1. The molecule has 3 rings (SSSR count). The monoisotopic (exact) mass is 251 g/mol. The summed E-state index contributed by atoms with van der Waals surface area (Å²) in [5.74, 6) is 0.849. The molecule has 3 fully saturated rings. The van der Waals surface area contributed by atoms with E-state index in [1.807, 2.05) is 0 Å². The van der Waals surface area contributed by atoms with Crippen molar-refractivity contribution < 1.29 is 4.79 Å². The number of carbonyl (C=O) groups excluding carboxylic acids is 1. The van der Waals surface area contributed by atoms with Crippen LogP contribution >= 0.6 is 0 Å².